The number of aromatic nitrogens is 1. The predicted octanol–water partition coefficient (Wildman–Crippen LogP) is 3.37. The topological polar surface area (TPSA) is 62.4 Å². The van der Waals surface area contributed by atoms with Crippen LogP contribution in [0.2, 0.25) is 0 Å². The molecule has 5 nitrogen and oxygen atoms in total. The summed E-state index contributed by atoms with van der Waals surface area (Å²) in [6.45, 7) is 2.42. The first kappa shape index (κ1) is 17.1. The summed E-state index contributed by atoms with van der Waals surface area (Å²) in [6, 6.07) is 9.51. The molecule has 0 unspecified atom stereocenters. The molecular formula is C19H19FN2O3S. The van der Waals surface area contributed by atoms with Gasteiger partial charge in [0.25, 0.3) is 0 Å². The molecule has 3 aromatic rings. The number of nitrogens with zero attached hydrogens (tertiary/aromatic N) is 1. The fourth-order valence-corrected chi connectivity index (χ4v) is 5.17. The third-order valence-corrected chi connectivity index (χ3v) is 6.91. The van der Waals surface area contributed by atoms with Gasteiger partial charge >= 0.3 is 0 Å². The normalized spacial score (nSPS) is 15.2. The number of halogens is 1. The van der Waals surface area contributed by atoms with Crippen LogP contribution in [0.25, 0.3) is 10.9 Å². The largest absolute Gasteiger partial charge is 0.497 e. The number of aromatic amines is 1. The fraction of sp³-hybridized carbons (Fsp3) is 0.263. The van der Waals surface area contributed by atoms with E-state index in [-0.39, 0.29) is 17.3 Å². The second-order valence-corrected chi connectivity index (χ2v) is 8.40. The number of hydrogen-bond donors (Lipinski definition) is 1. The third-order valence-electron chi connectivity index (χ3n) is 4.90. The first-order chi connectivity index (χ1) is 12.4. The lowest BCUT2D eigenvalue weighted by molar-refractivity contribution is 0.390. The zero-order chi connectivity index (χ0) is 18.5. The van der Waals surface area contributed by atoms with Crippen LogP contribution in [-0.4, -0.2) is 31.4 Å². The van der Waals surface area contributed by atoms with Gasteiger partial charge in [0.15, 0.2) is 0 Å². The number of aryl methyl sites for hydroxylation is 1. The van der Waals surface area contributed by atoms with Crippen molar-refractivity contribution < 1.29 is 17.5 Å². The molecule has 0 amide bonds. The summed E-state index contributed by atoms with van der Waals surface area (Å²) < 4.78 is 46.4. The number of benzene rings is 2. The molecule has 1 aliphatic heterocycles. The quantitative estimate of drug-likeness (QED) is 0.765. The van der Waals surface area contributed by atoms with Gasteiger partial charge in [-0.3, -0.25) is 0 Å². The Morgan fingerprint density at radius 2 is 2.00 bits per heavy atom. The molecule has 136 valence electrons. The molecule has 2 heterocycles. The summed E-state index contributed by atoms with van der Waals surface area (Å²) in [7, 11) is -2.07. The van der Waals surface area contributed by atoms with E-state index in [0.29, 0.717) is 29.8 Å². The number of ether oxygens (including phenoxy) is 1. The van der Waals surface area contributed by atoms with Crippen LogP contribution in [-0.2, 0) is 23.0 Å². The Balaban J connectivity index is 1.73. The van der Waals surface area contributed by atoms with Gasteiger partial charge < -0.3 is 9.72 Å². The highest BCUT2D eigenvalue weighted by molar-refractivity contribution is 7.89. The van der Waals surface area contributed by atoms with E-state index in [1.807, 2.05) is 0 Å². The summed E-state index contributed by atoms with van der Waals surface area (Å²) in [5.41, 5.74) is 3.25. The summed E-state index contributed by atoms with van der Waals surface area (Å²) in [4.78, 5) is 3.50. The number of sulfonamides is 1. The maximum atomic E-state index is 13.5. The molecule has 0 spiro atoms. The van der Waals surface area contributed by atoms with Crippen LogP contribution in [0.3, 0.4) is 0 Å². The van der Waals surface area contributed by atoms with Crippen LogP contribution in [0, 0.1) is 12.7 Å². The van der Waals surface area contributed by atoms with Gasteiger partial charge in [-0.25, -0.2) is 12.8 Å². The van der Waals surface area contributed by atoms with E-state index in [1.54, 1.807) is 38.3 Å². The van der Waals surface area contributed by atoms with E-state index in [2.05, 4.69) is 4.98 Å². The number of H-pyrrole nitrogens is 1. The Kier molecular flexibility index (Phi) is 4.00. The van der Waals surface area contributed by atoms with E-state index in [4.69, 9.17) is 4.74 Å². The highest BCUT2D eigenvalue weighted by Gasteiger charge is 2.31. The molecule has 0 aliphatic carbocycles. The molecule has 1 aromatic heterocycles. The van der Waals surface area contributed by atoms with Crippen molar-refractivity contribution in [1.82, 2.24) is 9.29 Å². The molecule has 7 heteroatoms. The Morgan fingerprint density at radius 3 is 2.73 bits per heavy atom. The third kappa shape index (κ3) is 2.68. The first-order valence-corrected chi connectivity index (χ1v) is 9.78. The number of rotatable bonds is 3. The lowest BCUT2D eigenvalue weighted by atomic mass is 10.1. The maximum Gasteiger partial charge on any atom is 0.243 e. The maximum absolute atomic E-state index is 13.5. The number of fused-ring (bicyclic) bond motifs is 3. The average Bonchev–Trinajstić information content (AvgIpc) is 2.97. The molecular weight excluding hydrogens is 355 g/mol. The Labute approximate surface area is 151 Å². The molecule has 0 radical (unpaired) electrons. The summed E-state index contributed by atoms with van der Waals surface area (Å²) >= 11 is 0. The van der Waals surface area contributed by atoms with E-state index in [1.165, 1.54) is 16.4 Å². The first-order valence-electron chi connectivity index (χ1n) is 8.34. The van der Waals surface area contributed by atoms with Crippen LogP contribution >= 0.6 is 0 Å². The molecule has 2 aromatic carbocycles. The lowest BCUT2D eigenvalue weighted by Crippen LogP contribution is -2.36. The second kappa shape index (κ2) is 6.10. The van der Waals surface area contributed by atoms with Crippen LogP contribution < -0.4 is 4.74 Å². The number of methoxy groups -OCH3 is 1. The summed E-state index contributed by atoms with van der Waals surface area (Å²) in [5.74, 6) is 0.315. The predicted molar refractivity (Wildman–Crippen MR) is 97.3 cm³/mol. The number of hydrogen-bond acceptors (Lipinski definition) is 3. The van der Waals surface area contributed by atoms with Gasteiger partial charge in [-0.2, -0.15) is 4.31 Å². The van der Waals surface area contributed by atoms with Gasteiger partial charge in [0.05, 0.1) is 12.0 Å². The van der Waals surface area contributed by atoms with E-state index >= 15 is 0 Å². The van der Waals surface area contributed by atoms with E-state index in [9.17, 15) is 12.8 Å². The molecule has 0 fully saturated rings. The Bertz CT molecular complexity index is 1110. The SMILES string of the molecule is COc1ccc(S(=O)(=O)N2CCc3[nH]c4cc(F)ccc4c3C2)c(C)c1. The van der Waals surface area contributed by atoms with Crippen molar-refractivity contribution in [3.8, 4) is 5.75 Å². The van der Waals surface area contributed by atoms with Gasteiger partial charge in [0.2, 0.25) is 10.0 Å². The minimum Gasteiger partial charge on any atom is -0.497 e. The zero-order valence-electron chi connectivity index (χ0n) is 14.5. The van der Waals surface area contributed by atoms with Crippen molar-refractivity contribution in [1.29, 1.82) is 0 Å². The van der Waals surface area contributed by atoms with E-state index in [0.717, 1.165) is 16.6 Å². The molecule has 26 heavy (non-hydrogen) atoms. The van der Waals surface area contributed by atoms with Gasteiger partial charge in [-0.1, -0.05) is 0 Å². The van der Waals surface area contributed by atoms with Crippen molar-refractivity contribution in [2.45, 2.75) is 24.8 Å². The van der Waals surface area contributed by atoms with Crippen LogP contribution in [0.1, 0.15) is 16.8 Å². The minimum atomic E-state index is -3.63. The van der Waals surface area contributed by atoms with Crippen LogP contribution in [0.4, 0.5) is 4.39 Å². The zero-order valence-corrected chi connectivity index (χ0v) is 15.4. The van der Waals surface area contributed by atoms with Crippen molar-refractivity contribution in [2.75, 3.05) is 13.7 Å². The second-order valence-electron chi connectivity index (χ2n) is 6.49. The Hall–Kier alpha value is -2.38. The lowest BCUT2D eigenvalue weighted by Gasteiger charge is -2.27. The molecule has 0 saturated carbocycles. The molecule has 0 atom stereocenters. The number of nitrogens with one attached hydrogen (secondary N) is 1. The minimum absolute atomic E-state index is 0.273. The summed E-state index contributed by atoms with van der Waals surface area (Å²) in [5, 5.41) is 0.868. The van der Waals surface area contributed by atoms with Gasteiger partial charge in [0.1, 0.15) is 11.6 Å². The van der Waals surface area contributed by atoms with Crippen molar-refractivity contribution in [3.63, 3.8) is 0 Å². The summed E-state index contributed by atoms with van der Waals surface area (Å²) in [6.07, 6.45) is 0.570. The van der Waals surface area contributed by atoms with Crippen molar-refractivity contribution >= 4 is 20.9 Å². The highest BCUT2D eigenvalue weighted by Crippen LogP contribution is 2.32. The fourth-order valence-electron chi connectivity index (χ4n) is 3.55. The molecule has 0 saturated heterocycles. The molecule has 1 aliphatic rings. The Morgan fingerprint density at radius 1 is 1.19 bits per heavy atom. The average molecular weight is 374 g/mol. The standard InChI is InChI=1S/C19H19FN2O3S/c1-12-9-14(25-2)4-6-19(12)26(23,24)22-8-7-17-16(11-22)15-5-3-13(20)10-18(15)21-17/h3-6,9-10,21H,7-8,11H2,1-2H3. The van der Waals surface area contributed by atoms with Gasteiger partial charge in [0, 0.05) is 36.1 Å². The van der Waals surface area contributed by atoms with Gasteiger partial charge in [-0.15, -0.1) is 0 Å². The van der Waals surface area contributed by atoms with Crippen LogP contribution in [0.15, 0.2) is 41.3 Å². The highest BCUT2D eigenvalue weighted by atomic mass is 32.2. The van der Waals surface area contributed by atoms with Crippen LogP contribution in [0.5, 0.6) is 5.75 Å². The van der Waals surface area contributed by atoms with Gasteiger partial charge in [-0.05, 0) is 54.4 Å². The molecule has 4 rings (SSSR count). The monoisotopic (exact) mass is 374 g/mol. The molecule has 0 bridgehead atoms. The van der Waals surface area contributed by atoms with Crippen molar-refractivity contribution in [2.24, 2.45) is 0 Å². The van der Waals surface area contributed by atoms with E-state index < -0.39 is 10.0 Å². The smallest absolute Gasteiger partial charge is 0.243 e. The molecule has 1 N–H and O–H groups in total. The van der Waals surface area contributed by atoms with Crippen molar-refractivity contribution in [3.05, 3.63) is 59.0 Å².